The van der Waals surface area contributed by atoms with Crippen molar-refractivity contribution in [3.05, 3.63) is 12.7 Å². The number of hydrogen-bond acceptors (Lipinski definition) is 4. The van der Waals surface area contributed by atoms with Gasteiger partial charge < -0.3 is 9.84 Å². The van der Waals surface area contributed by atoms with Crippen molar-refractivity contribution in [1.29, 1.82) is 0 Å². The van der Waals surface area contributed by atoms with E-state index in [9.17, 15) is 14.4 Å². The molecule has 0 aliphatic heterocycles. The Hall–Kier alpha value is -1.65. The van der Waals surface area contributed by atoms with Crippen LogP contribution in [0.5, 0.6) is 0 Å². The van der Waals surface area contributed by atoms with E-state index in [0.29, 0.717) is 0 Å². The van der Waals surface area contributed by atoms with Crippen LogP contribution in [0.2, 0.25) is 0 Å². The lowest BCUT2D eigenvalue weighted by atomic mass is 10.3. The van der Waals surface area contributed by atoms with E-state index in [1.165, 1.54) is 14.0 Å². The Labute approximate surface area is 76.0 Å². The van der Waals surface area contributed by atoms with E-state index in [2.05, 4.69) is 11.3 Å². The van der Waals surface area contributed by atoms with Gasteiger partial charge in [-0.25, -0.2) is 4.79 Å². The van der Waals surface area contributed by atoms with Crippen molar-refractivity contribution in [3.63, 3.8) is 0 Å². The van der Waals surface area contributed by atoms with Gasteiger partial charge in [0.2, 0.25) is 0 Å². The molecule has 5 nitrogen and oxygen atoms in total. The number of aliphatic carboxylic acids is 1. The highest BCUT2D eigenvalue weighted by Gasteiger charge is 1.98. The SMILES string of the molecule is C=CC(=O)OC.CC(=O)CC(=O)O. The molecule has 0 spiro atoms. The Bertz CT molecular complexity index is 195. The minimum Gasteiger partial charge on any atom is -0.481 e. The second-order valence-corrected chi connectivity index (χ2v) is 2.00. The summed E-state index contributed by atoms with van der Waals surface area (Å²) in [6.45, 7) is 4.40. The molecule has 0 saturated carbocycles. The van der Waals surface area contributed by atoms with Crippen molar-refractivity contribution in [2.45, 2.75) is 13.3 Å². The Balaban J connectivity index is 0. The fourth-order valence-electron chi connectivity index (χ4n) is 0.296. The van der Waals surface area contributed by atoms with Crippen LogP contribution >= 0.6 is 0 Å². The molecule has 1 N–H and O–H groups in total. The molecule has 13 heavy (non-hydrogen) atoms. The number of Topliss-reactive ketones (excluding diaryl/α,β-unsaturated/α-hetero) is 1. The first-order valence-corrected chi connectivity index (χ1v) is 3.35. The summed E-state index contributed by atoms with van der Waals surface area (Å²) in [7, 11) is 1.31. The molecule has 0 aromatic heterocycles. The number of rotatable bonds is 3. The van der Waals surface area contributed by atoms with Gasteiger partial charge in [0.05, 0.1) is 7.11 Å². The lowest BCUT2D eigenvalue weighted by molar-refractivity contribution is -0.140. The number of ketones is 1. The van der Waals surface area contributed by atoms with Gasteiger partial charge in [0, 0.05) is 6.08 Å². The molecule has 0 heterocycles. The molecular formula is C8H12O5. The zero-order valence-electron chi connectivity index (χ0n) is 7.57. The minimum atomic E-state index is -1.06. The van der Waals surface area contributed by atoms with E-state index < -0.39 is 11.9 Å². The zero-order chi connectivity index (χ0) is 10.9. The standard InChI is InChI=1S/C4H6O3.C4H6O2/c1-3(5)2-4(6)7;1-3-4(5)6-2/h2H2,1H3,(H,6,7);3H,1H2,2H3. The van der Waals surface area contributed by atoms with Gasteiger partial charge >= 0.3 is 11.9 Å². The smallest absolute Gasteiger partial charge is 0.329 e. The predicted octanol–water partition coefficient (Wildman–Crippen LogP) is 0.395. The lowest BCUT2D eigenvalue weighted by Gasteiger charge is -1.83. The molecule has 0 aliphatic carbocycles. The quantitative estimate of drug-likeness (QED) is 0.393. The number of carbonyl (C=O) groups excluding carboxylic acids is 2. The van der Waals surface area contributed by atoms with Crippen molar-refractivity contribution in [2.24, 2.45) is 0 Å². The third-order valence-electron chi connectivity index (χ3n) is 0.768. The first-order chi connectivity index (χ1) is 5.93. The third-order valence-corrected chi connectivity index (χ3v) is 0.768. The Morgan fingerprint density at radius 3 is 1.92 bits per heavy atom. The largest absolute Gasteiger partial charge is 0.481 e. The molecule has 0 amide bonds. The van der Waals surface area contributed by atoms with Gasteiger partial charge in [0.25, 0.3) is 0 Å². The summed E-state index contributed by atoms with van der Waals surface area (Å²) in [6.07, 6.45) is 0.750. The van der Waals surface area contributed by atoms with Crippen LogP contribution in [0.3, 0.4) is 0 Å². The molecule has 0 aliphatic rings. The molecular weight excluding hydrogens is 176 g/mol. The van der Waals surface area contributed by atoms with Crippen LogP contribution in [0.4, 0.5) is 0 Å². The van der Waals surface area contributed by atoms with Gasteiger partial charge in [0.15, 0.2) is 0 Å². The molecule has 0 bridgehead atoms. The zero-order valence-corrected chi connectivity index (χ0v) is 7.57. The predicted molar refractivity (Wildman–Crippen MR) is 45.1 cm³/mol. The highest BCUT2D eigenvalue weighted by Crippen LogP contribution is 1.77. The summed E-state index contributed by atoms with van der Waals surface area (Å²) in [5, 5.41) is 7.86. The van der Waals surface area contributed by atoms with Gasteiger partial charge in [-0.2, -0.15) is 0 Å². The van der Waals surface area contributed by atoms with E-state index >= 15 is 0 Å². The second-order valence-electron chi connectivity index (χ2n) is 2.00. The number of carbonyl (C=O) groups is 3. The van der Waals surface area contributed by atoms with Crippen molar-refractivity contribution in [3.8, 4) is 0 Å². The maximum absolute atomic E-state index is 9.87. The first kappa shape index (κ1) is 13.9. The van der Waals surface area contributed by atoms with E-state index in [-0.39, 0.29) is 12.2 Å². The van der Waals surface area contributed by atoms with Crippen LogP contribution in [0.1, 0.15) is 13.3 Å². The number of ether oxygens (including phenoxy) is 1. The van der Waals surface area contributed by atoms with Crippen LogP contribution in [0.25, 0.3) is 0 Å². The molecule has 0 radical (unpaired) electrons. The van der Waals surface area contributed by atoms with E-state index in [1.54, 1.807) is 0 Å². The highest BCUT2D eigenvalue weighted by molar-refractivity contribution is 5.93. The summed E-state index contributed by atoms with van der Waals surface area (Å²) >= 11 is 0. The molecule has 5 heteroatoms. The van der Waals surface area contributed by atoms with E-state index in [1.807, 2.05) is 0 Å². The Morgan fingerprint density at radius 1 is 1.46 bits per heavy atom. The average molecular weight is 188 g/mol. The fraction of sp³-hybridized carbons (Fsp3) is 0.375. The number of carboxylic acid groups (broad SMARTS) is 1. The van der Waals surface area contributed by atoms with Crippen LogP contribution < -0.4 is 0 Å². The van der Waals surface area contributed by atoms with Crippen molar-refractivity contribution < 1.29 is 24.2 Å². The summed E-state index contributed by atoms with van der Waals surface area (Å²) in [4.78, 5) is 29.3. The molecule has 0 rings (SSSR count). The van der Waals surface area contributed by atoms with E-state index in [4.69, 9.17) is 5.11 Å². The number of esters is 1. The summed E-state index contributed by atoms with van der Waals surface area (Å²) in [6, 6.07) is 0. The third kappa shape index (κ3) is 17.9. The minimum absolute atomic E-state index is 0.312. The summed E-state index contributed by atoms with van der Waals surface area (Å²) in [5.41, 5.74) is 0. The summed E-state index contributed by atoms with van der Waals surface area (Å²) in [5.74, 6) is -1.77. The average Bonchev–Trinajstić information content (AvgIpc) is 2.01. The fourth-order valence-corrected chi connectivity index (χ4v) is 0.296. The van der Waals surface area contributed by atoms with Crippen LogP contribution in [-0.4, -0.2) is 29.9 Å². The topological polar surface area (TPSA) is 80.7 Å². The maximum atomic E-state index is 9.87. The maximum Gasteiger partial charge on any atom is 0.329 e. The van der Waals surface area contributed by atoms with E-state index in [0.717, 1.165) is 6.08 Å². The van der Waals surface area contributed by atoms with Crippen molar-refractivity contribution in [1.82, 2.24) is 0 Å². The molecule has 0 fully saturated rings. The molecule has 0 aromatic carbocycles. The molecule has 74 valence electrons. The van der Waals surface area contributed by atoms with Gasteiger partial charge in [-0.3, -0.25) is 9.59 Å². The Morgan fingerprint density at radius 2 is 1.92 bits per heavy atom. The normalized spacial score (nSPS) is 7.54. The number of hydrogen-bond donors (Lipinski definition) is 1. The molecule has 0 unspecified atom stereocenters. The van der Waals surface area contributed by atoms with Crippen LogP contribution in [0, 0.1) is 0 Å². The Kier molecular flexibility index (Phi) is 9.04. The number of carboxylic acids is 1. The number of methoxy groups -OCH3 is 1. The van der Waals surface area contributed by atoms with Gasteiger partial charge in [-0.15, -0.1) is 0 Å². The van der Waals surface area contributed by atoms with Crippen LogP contribution in [0.15, 0.2) is 12.7 Å². The van der Waals surface area contributed by atoms with Crippen LogP contribution in [-0.2, 0) is 19.1 Å². The van der Waals surface area contributed by atoms with Gasteiger partial charge in [-0.1, -0.05) is 6.58 Å². The molecule has 0 saturated heterocycles. The molecule has 0 aromatic rings. The lowest BCUT2D eigenvalue weighted by Crippen LogP contribution is -2.00. The highest BCUT2D eigenvalue weighted by atomic mass is 16.5. The monoisotopic (exact) mass is 188 g/mol. The summed E-state index contributed by atoms with van der Waals surface area (Å²) < 4.78 is 4.14. The first-order valence-electron chi connectivity index (χ1n) is 3.35. The van der Waals surface area contributed by atoms with Crippen molar-refractivity contribution in [2.75, 3.05) is 7.11 Å². The van der Waals surface area contributed by atoms with Gasteiger partial charge in [0.1, 0.15) is 12.2 Å². The van der Waals surface area contributed by atoms with Crippen molar-refractivity contribution >= 4 is 17.7 Å². The second kappa shape index (κ2) is 8.45. The van der Waals surface area contributed by atoms with Gasteiger partial charge in [-0.05, 0) is 6.92 Å². The molecule has 0 atom stereocenters.